The van der Waals surface area contributed by atoms with E-state index in [1.807, 2.05) is 6.07 Å². The summed E-state index contributed by atoms with van der Waals surface area (Å²) in [5.41, 5.74) is 6.31. The second-order valence-corrected chi connectivity index (χ2v) is 9.91. The van der Waals surface area contributed by atoms with Gasteiger partial charge < -0.3 is 10.5 Å². The molecule has 0 saturated heterocycles. The third-order valence-electron chi connectivity index (χ3n) is 5.68. The fourth-order valence-corrected chi connectivity index (χ4v) is 6.17. The molecular formula is C24H19ClN3O5S+. The summed E-state index contributed by atoms with van der Waals surface area (Å²) in [7, 11) is -4.73. The fourth-order valence-electron chi connectivity index (χ4n) is 4.24. The zero-order valence-corrected chi connectivity index (χ0v) is 19.5. The molecule has 2 atom stereocenters. The van der Waals surface area contributed by atoms with Crippen molar-refractivity contribution in [2.45, 2.75) is 17.7 Å². The highest BCUT2D eigenvalue weighted by atomic mass is 35.5. The number of amides is 3. The average molecular weight is 497 g/mol. The number of ether oxygens (including phenoxy) is 1. The van der Waals surface area contributed by atoms with Crippen LogP contribution in [-0.4, -0.2) is 27.0 Å². The maximum absolute atomic E-state index is 14.1. The van der Waals surface area contributed by atoms with Gasteiger partial charge in [0.1, 0.15) is 16.6 Å². The summed E-state index contributed by atoms with van der Waals surface area (Å²) in [6, 6.07) is 16.4. The van der Waals surface area contributed by atoms with Crippen LogP contribution in [0.25, 0.3) is 0 Å². The number of rotatable bonds is 5. The van der Waals surface area contributed by atoms with Gasteiger partial charge in [0.15, 0.2) is 5.69 Å². The van der Waals surface area contributed by atoms with Crippen molar-refractivity contribution >= 4 is 39.2 Å². The van der Waals surface area contributed by atoms with Crippen molar-refractivity contribution in [3.63, 3.8) is 0 Å². The monoisotopic (exact) mass is 496 g/mol. The van der Waals surface area contributed by atoms with Crippen LogP contribution in [0, 0.1) is 11.3 Å². The van der Waals surface area contributed by atoms with Gasteiger partial charge in [-0.05, 0) is 53.3 Å². The van der Waals surface area contributed by atoms with Crippen molar-refractivity contribution in [1.29, 1.82) is 5.26 Å². The maximum atomic E-state index is 14.1. The zero-order valence-electron chi connectivity index (χ0n) is 17.9. The van der Waals surface area contributed by atoms with Gasteiger partial charge in [-0.1, -0.05) is 29.8 Å². The van der Waals surface area contributed by atoms with E-state index >= 15 is 0 Å². The van der Waals surface area contributed by atoms with Gasteiger partial charge in [-0.3, -0.25) is 0 Å². The number of hydrogen-bond acceptors (Lipinski definition) is 6. The second-order valence-electron chi connectivity index (χ2n) is 7.50. The lowest BCUT2D eigenvalue weighted by Gasteiger charge is -2.26. The van der Waals surface area contributed by atoms with Gasteiger partial charge in [-0.25, -0.2) is 9.59 Å². The van der Waals surface area contributed by atoms with E-state index in [9.17, 15) is 23.3 Å². The summed E-state index contributed by atoms with van der Waals surface area (Å²) in [5, 5.41) is 9.72. The van der Waals surface area contributed by atoms with Gasteiger partial charge in [0.05, 0.1) is 18.2 Å². The van der Waals surface area contributed by atoms with E-state index in [2.05, 4.69) is 0 Å². The second kappa shape index (κ2) is 8.57. The first kappa shape index (κ1) is 23.4. The first-order valence-corrected chi connectivity index (χ1v) is 12.0. The van der Waals surface area contributed by atoms with Gasteiger partial charge in [0, 0.05) is 22.2 Å². The number of imide groups is 1. The Morgan fingerprint density at radius 1 is 1.12 bits per heavy atom. The molecule has 2 unspecified atom stereocenters. The Bertz CT molecular complexity index is 1460. The smallest absolute Gasteiger partial charge is 0.442 e. The number of hydrogen-bond donors (Lipinski definition) is 1. The molecule has 3 amide bonds. The minimum atomic E-state index is -4.73. The summed E-state index contributed by atoms with van der Waals surface area (Å²) in [6.07, 6.45) is 0. The van der Waals surface area contributed by atoms with E-state index in [1.54, 1.807) is 31.2 Å². The van der Waals surface area contributed by atoms with E-state index < -0.39 is 31.8 Å². The molecule has 0 spiro atoms. The number of nitrogens with two attached hydrogens (primary N) is 1. The molecule has 3 aromatic carbocycles. The van der Waals surface area contributed by atoms with Crippen LogP contribution in [0.5, 0.6) is 5.75 Å². The number of quaternary nitrogens is 1. The Kier molecular flexibility index (Phi) is 5.91. The normalized spacial score (nSPS) is 19.3. The summed E-state index contributed by atoms with van der Waals surface area (Å²) < 4.78 is 31.8. The molecule has 3 aromatic rings. The lowest BCUT2D eigenvalue weighted by molar-refractivity contribution is -0.123. The Balaban J connectivity index is 2.08. The number of nitrogens with zero attached hydrogens (tertiary/aromatic N) is 2. The van der Waals surface area contributed by atoms with Crippen LogP contribution in [-0.2, 0) is 14.8 Å². The molecule has 1 heterocycles. The van der Waals surface area contributed by atoms with Gasteiger partial charge >= 0.3 is 22.0 Å². The van der Waals surface area contributed by atoms with Crippen LogP contribution in [0.2, 0.25) is 5.02 Å². The van der Waals surface area contributed by atoms with Crippen molar-refractivity contribution in [2.24, 2.45) is 5.73 Å². The largest absolute Gasteiger partial charge is 0.494 e. The van der Waals surface area contributed by atoms with Crippen LogP contribution in [0.15, 0.2) is 71.6 Å². The molecule has 8 nitrogen and oxygen atoms in total. The number of carbonyl (C=O) groups is 2. The maximum Gasteiger partial charge on any atom is 0.442 e. The van der Waals surface area contributed by atoms with Crippen molar-refractivity contribution in [3.05, 3.63) is 88.4 Å². The van der Waals surface area contributed by atoms with E-state index in [0.29, 0.717) is 17.9 Å². The van der Waals surface area contributed by atoms with E-state index in [0.717, 1.165) is 0 Å². The van der Waals surface area contributed by atoms with E-state index in [4.69, 9.17) is 22.1 Å². The first-order valence-electron chi connectivity index (χ1n) is 10.2. The Morgan fingerprint density at radius 2 is 1.79 bits per heavy atom. The summed E-state index contributed by atoms with van der Waals surface area (Å²) in [6.45, 7) is 2.06. The summed E-state index contributed by atoms with van der Waals surface area (Å²) in [4.78, 5) is 26.8. The quantitative estimate of drug-likeness (QED) is 0.530. The van der Waals surface area contributed by atoms with Gasteiger partial charge in [-0.15, -0.1) is 0 Å². The standard InChI is InChI=1S/C24H18ClN3O5S/c1-2-33-21-6-4-3-5-18(21)22-19-13-15(14-26)7-12-20(19)28(23(22)29,24(27)30)34(31,32)17-10-8-16(25)9-11-17/h3-13,22H,2H2,1H3,(H-,27,30)/p+1. The van der Waals surface area contributed by atoms with E-state index in [1.165, 1.54) is 42.5 Å². The Labute approximate surface area is 201 Å². The summed E-state index contributed by atoms with van der Waals surface area (Å²) in [5.74, 6) is -1.86. The number of halogens is 1. The number of benzene rings is 3. The lowest BCUT2D eigenvalue weighted by Crippen LogP contribution is -2.63. The highest BCUT2D eigenvalue weighted by Crippen LogP contribution is 2.51. The molecule has 1 aliphatic rings. The molecule has 34 heavy (non-hydrogen) atoms. The molecule has 0 fully saturated rings. The molecule has 2 N–H and O–H groups in total. The number of nitriles is 1. The first-order chi connectivity index (χ1) is 16.2. The van der Waals surface area contributed by atoms with Crippen molar-refractivity contribution in [3.8, 4) is 11.8 Å². The predicted octanol–water partition coefficient (Wildman–Crippen LogP) is 4.06. The van der Waals surface area contributed by atoms with Crippen LogP contribution in [0.4, 0.5) is 10.5 Å². The Morgan fingerprint density at radius 3 is 2.41 bits per heavy atom. The number of urea groups is 1. The lowest BCUT2D eigenvalue weighted by atomic mass is 9.91. The predicted molar refractivity (Wildman–Crippen MR) is 126 cm³/mol. The third-order valence-corrected chi connectivity index (χ3v) is 8.07. The number of para-hydroxylation sites is 1. The van der Waals surface area contributed by atoms with Gasteiger partial charge in [-0.2, -0.15) is 13.7 Å². The van der Waals surface area contributed by atoms with Crippen LogP contribution in [0.3, 0.4) is 0 Å². The van der Waals surface area contributed by atoms with Gasteiger partial charge in [0.25, 0.3) is 0 Å². The van der Waals surface area contributed by atoms with Crippen molar-refractivity contribution < 1.29 is 22.7 Å². The minimum absolute atomic E-state index is 0.136. The molecule has 4 rings (SSSR count). The molecule has 0 radical (unpaired) electrons. The molecular weight excluding hydrogens is 478 g/mol. The van der Waals surface area contributed by atoms with Crippen LogP contribution >= 0.6 is 11.6 Å². The van der Waals surface area contributed by atoms with Crippen molar-refractivity contribution in [1.82, 2.24) is 3.89 Å². The highest BCUT2D eigenvalue weighted by Gasteiger charge is 2.66. The highest BCUT2D eigenvalue weighted by molar-refractivity contribution is 7.92. The summed E-state index contributed by atoms with van der Waals surface area (Å²) >= 11 is 5.91. The Hall–Kier alpha value is -3.71. The molecule has 10 heteroatoms. The van der Waals surface area contributed by atoms with Crippen molar-refractivity contribution in [2.75, 3.05) is 6.61 Å². The van der Waals surface area contributed by atoms with E-state index in [-0.39, 0.29) is 26.7 Å². The molecule has 0 saturated carbocycles. The molecule has 172 valence electrons. The molecule has 0 aromatic heterocycles. The number of sulfonamides is 1. The molecule has 1 aliphatic heterocycles. The van der Waals surface area contributed by atoms with Crippen LogP contribution in [0.1, 0.15) is 29.5 Å². The SMILES string of the molecule is CCOc1ccccc1C1C(=O)[N+](C(N)=O)(S(=O)(=O)c2ccc(Cl)cc2)c2ccc(C#N)cc21. The number of primary amides is 1. The molecule has 0 aliphatic carbocycles. The average Bonchev–Trinajstić information content (AvgIpc) is 3.08. The minimum Gasteiger partial charge on any atom is -0.494 e. The zero-order chi connectivity index (χ0) is 24.7. The number of fused-ring (bicyclic) bond motifs is 1. The molecule has 0 bridgehead atoms. The van der Waals surface area contributed by atoms with Gasteiger partial charge in [0.2, 0.25) is 0 Å². The van der Waals surface area contributed by atoms with Crippen LogP contribution < -0.4 is 14.4 Å². The number of carbonyl (C=O) groups excluding carboxylic acids is 2. The topological polar surface area (TPSA) is 127 Å². The third kappa shape index (κ3) is 3.27. The fraction of sp³-hybridized carbons (Fsp3) is 0.125.